The lowest BCUT2D eigenvalue weighted by atomic mass is 9.97. The number of hydrogen-bond donors (Lipinski definition) is 0. The summed E-state index contributed by atoms with van der Waals surface area (Å²) in [4.78, 5) is 26.5. The summed E-state index contributed by atoms with van der Waals surface area (Å²) < 4.78 is 45.3. The number of nitrogens with zero attached hydrogens (tertiary/aromatic N) is 3. The van der Waals surface area contributed by atoms with Crippen molar-refractivity contribution in [1.82, 2.24) is 14.7 Å². The summed E-state index contributed by atoms with van der Waals surface area (Å²) in [5.74, 6) is -0.813. The molecular weight excluding hydrogens is 371 g/mol. The summed E-state index contributed by atoms with van der Waals surface area (Å²) in [7, 11) is 1.42. The molecule has 0 bridgehead atoms. The monoisotopic (exact) mass is 389 g/mol. The summed E-state index contributed by atoms with van der Waals surface area (Å²) in [5, 5.41) is 3.45. The van der Waals surface area contributed by atoms with Crippen LogP contribution in [0.25, 0.3) is 10.2 Å². The first-order valence-corrected chi connectivity index (χ1v) is 9.03. The number of thiophene rings is 1. The average molecular weight is 389 g/mol. The molecule has 1 saturated heterocycles. The van der Waals surface area contributed by atoms with Gasteiger partial charge in [-0.05, 0) is 25.8 Å². The van der Waals surface area contributed by atoms with Crippen LogP contribution in [-0.4, -0.2) is 46.3 Å². The molecule has 0 spiro atoms. The maximum Gasteiger partial charge on any atom is 0.435 e. The van der Waals surface area contributed by atoms with Crippen LogP contribution in [0.5, 0.6) is 0 Å². The predicted octanol–water partition coefficient (Wildman–Crippen LogP) is 3.07. The van der Waals surface area contributed by atoms with E-state index in [1.54, 1.807) is 11.8 Å². The highest BCUT2D eigenvalue weighted by molar-refractivity contribution is 7.20. The van der Waals surface area contributed by atoms with Gasteiger partial charge in [0.15, 0.2) is 5.69 Å². The van der Waals surface area contributed by atoms with Crippen molar-refractivity contribution in [2.45, 2.75) is 25.9 Å². The number of ether oxygens (including phenoxy) is 1. The van der Waals surface area contributed by atoms with Gasteiger partial charge in [0, 0.05) is 25.5 Å². The molecule has 0 atom stereocenters. The molecule has 0 saturated carbocycles. The van der Waals surface area contributed by atoms with Crippen LogP contribution in [0.3, 0.4) is 0 Å². The summed E-state index contributed by atoms with van der Waals surface area (Å²) in [6.45, 7) is 2.80. The molecule has 1 amide bonds. The van der Waals surface area contributed by atoms with Crippen LogP contribution in [0.2, 0.25) is 0 Å². The Balaban J connectivity index is 1.76. The molecule has 1 aliphatic rings. The molecule has 0 aromatic carbocycles. The molecule has 0 aliphatic carbocycles. The fourth-order valence-electron chi connectivity index (χ4n) is 3.09. The molecule has 1 aliphatic heterocycles. The number of hydrogen-bond acceptors (Lipinski definition) is 5. The zero-order chi connectivity index (χ0) is 19.1. The Morgan fingerprint density at radius 1 is 1.35 bits per heavy atom. The number of esters is 1. The quantitative estimate of drug-likeness (QED) is 0.757. The van der Waals surface area contributed by atoms with Gasteiger partial charge < -0.3 is 9.64 Å². The number of rotatable bonds is 3. The van der Waals surface area contributed by atoms with Crippen molar-refractivity contribution in [3.05, 3.63) is 16.6 Å². The molecule has 2 aromatic heterocycles. The number of likely N-dealkylation sites (tertiary alicyclic amines) is 1. The van der Waals surface area contributed by atoms with E-state index in [0.717, 1.165) is 16.0 Å². The minimum Gasteiger partial charge on any atom is -0.466 e. The van der Waals surface area contributed by atoms with Gasteiger partial charge in [-0.15, -0.1) is 11.3 Å². The molecule has 0 N–H and O–H groups in total. The lowest BCUT2D eigenvalue weighted by molar-refractivity contribution is -0.149. The fourth-order valence-corrected chi connectivity index (χ4v) is 4.13. The molecule has 3 rings (SSSR count). The lowest BCUT2D eigenvalue weighted by Crippen LogP contribution is -2.40. The Morgan fingerprint density at radius 3 is 2.58 bits per heavy atom. The number of carbonyl (C=O) groups is 2. The first-order chi connectivity index (χ1) is 12.2. The van der Waals surface area contributed by atoms with Crippen molar-refractivity contribution in [2.24, 2.45) is 13.0 Å². The van der Waals surface area contributed by atoms with E-state index < -0.39 is 11.9 Å². The van der Waals surface area contributed by atoms with E-state index in [1.807, 2.05) is 0 Å². The summed E-state index contributed by atoms with van der Waals surface area (Å²) in [6, 6.07) is 1.26. The Labute approximate surface area is 151 Å². The van der Waals surface area contributed by atoms with Gasteiger partial charge in [-0.3, -0.25) is 14.3 Å². The third-order valence-electron chi connectivity index (χ3n) is 4.39. The molecule has 3 heterocycles. The third kappa shape index (κ3) is 3.42. The second-order valence-corrected chi connectivity index (χ2v) is 7.15. The number of piperidine rings is 1. The Bertz CT molecular complexity index is 835. The van der Waals surface area contributed by atoms with Crippen LogP contribution in [0, 0.1) is 5.92 Å². The molecule has 0 radical (unpaired) electrons. The molecule has 6 nitrogen and oxygen atoms in total. The van der Waals surface area contributed by atoms with Gasteiger partial charge in [0.2, 0.25) is 0 Å². The third-order valence-corrected chi connectivity index (χ3v) is 5.58. The predicted molar refractivity (Wildman–Crippen MR) is 88.9 cm³/mol. The highest BCUT2D eigenvalue weighted by atomic mass is 32.1. The normalized spacial score (nSPS) is 16.3. The second-order valence-electron chi connectivity index (χ2n) is 6.12. The van der Waals surface area contributed by atoms with Crippen molar-refractivity contribution < 1.29 is 27.5 Å². The maximum atomic E-state index is 13.1. The largest absolute Gasteiger partial charge is 0.466 e. The Hall–Kier alpha value is -2.10. The van der Waals surface area contributed by atoms with Gasteiger partial charge >= 0.3 is 12.1 Å². The summed E-state index contributed by atoms with van der Waals surface area (Å²) in [6.07, 6.45) is -3.59. The number of halogens is 3. The molecule has 10 heteroatoms. The first-order valence-electron chi connectivity index (χ1n) is 8.22. The van der Waals surface area contributed by atoms with E-state index in [2.05, 4.69) is 5.10 Å². The number of aryl methyl sites for hydroxylation is 1. The number of aromatic nitrogens is 2. The maximum absolute atomic E-state index is 13.1. The zero-order valence-corrected chi connectivity index (χ0v) is 15.1. The van der Waals surface area contributed by atoms with Crippen LogP contribution in [-0.2, 0) is 22.8 Å². The van der Waals surface area contributed by atoms with Gasteiger partial charge in [0.1, 0.15) is 4.83 Å². The molecule has 0 unspecified atom stereocenters. The number of alkyl halides is 3. The van der Waals surface area contributed by atoms with Gasteiger partial charge in [-0.2, -0.15) is 18.3 Å². The standard InChI is InChI=1S/C16H18F3N3O3S/c1-3-25-15(24)9-4-6-22(7-5-9)13(23)11-8-10-12(16(17,18)19)20-21(2)14(10)26-11/h8-9H,3-7H2,1-2H3. The van der Waals surface area contributed by atoms with Crippen LogP contribution in [0.4, 0.5) is 13.2 Å². The molecular formula is C16H18F3N3O3S. The molecule has 26 heavy (non-hydrogen) atoms. The number of fused-ring (bicyclic) bond motifs is 1. The van der Waals surface area contributed by atoms with Crippen LogP contribution < -0.4 is 0 Å². The highest BCUT2D eigenvalue weighted by Crippen LogP contribution is 2.37. The van der Waals surface area contributed by atoms with E-state index in [0.29, 0.717) is 37.4 Å². The van der Waals surface area contributed by atoms with Crippen LogP contribution in [0.1, 0.15) is 35.1 Å². The van der Waals surface area contributed by atoms with E-state index in [4.69, 9.17) is 4.74 Å². The lowest BCUT2D eigenvalue weighted by Gasteiger charge is -2.30. The average Bonchev–Trinajstić information content (AvgIpc) is 3.15. The molecule has 142 valence electrons. The van der Waals surface area contributed by atoms with Crippen LogP contribution in [0.15, 0.2) is 6.07 Å². The van der Waals surface area contributed by atoms with Crippen molar-refractivity contribution in [3.63, 3.8) is 0 Å². The Morgan fingerprint density at radius 2 is 2.00 bits per heavy atom. The minimum absolute atomic E-state index is 0.0604. The van der Waals surface area contributed by atoms with Crippen molar-refractivity contribution >= 4 is 33.4 Å². The van der Waals surface area contributed by atoms with E-state index in [1.165, 1.54) is 13.1 Å². The minimum atomic E-state index is -4.57. The smallest absolute Gasteiger partial charge is 0.435 e. The fraction of sp³-hybridized carbons (Fsp3) is 0.562. The highest BCUT2D eigenvalue weighted by Gasteiger charge is 2.38. The summed E-state index contributed by atoms with van der Waals surface area (Å²) >= 11 is 0.995. The number of carbonyl (C=O) groups excluding carboxylic acids is 2. The van der Waals surface area contributed by atoms with Gasteiger partial charge in [0.05, 0.1) is 17.4 Å². The van der Waals surface area contributed by atoms with Gasteiger partial charge in [0.25, 0.3) is 5.91 Å². The van der Waals surface area contributed by atoms with Gasteiger partial charge in [-0.25, -0.2) is 0 Å². The van der Waals surface area contributed by atoms with Crippen molar-refractivity contribution in [2.75, 3.05) is 19.7 Å². The summed E-state index contributed by atoms with van der Waals surface area (Å²) in [5.41, 5.74) is -0.980. The first kappa shape index (κ1) is 18.7. The molecule has 2 aromatic rings. The van der Waals surface area contributed by atoms with Crippen molar-refractivity contribution in [1.29, 1.82) is 0 Å². The Kier molecular flexibility index (Phi) is 4.96. The SMILES string of the molecule is CCOC(=O)C1CCN(C(=O)c2cc3c(C(F)(F)F)nn(C)c3s2)CC1. The van der Waals surface area contributed by atoms with Crippen LogP contribution >= 0.6 is 11.3 Å². The van der Waals surface area contributed by atoms with E-state index in [9.17, 15) is 22.8 Å². The van der Waals surface area contributed by atoms with E-state index >= 15 is 0 Å². The van der Waals surface area contributed by atoms with Crippen molar-refractivity contribution in [3.8, 4) is 0 Å². The van der Waals surface area contributed by atoms with Gasteiger partial charge in [-0.1, -0.05) is 0 Å². The zero-order valence-electron chi connectivity index (χ0n) is 14.3. The second kappa shape index (κ2) is 6.90. The van der Waals surface area contributed by atoms with E-state index in [-0.39, 0.29) is 28.1 Å². The topological polar surface area (TPSA) is 64.4 Å². The molecule has 1 fully saturated rings. The number of amides is 1.